The lowest BCUT2D eigenvalue weighted by atomic mass is 10.3. The van der Waals surface area contributed by atoms with Crippen molar-refractivity contribution in [2.75, 3.05) is 0 Å². The summed E-state index contributed by atoms with van der Waals surface area (Å²) in [5, 5.41) is -0.326. The Hall–Kier alpha value is -0.840. The molecule has 1 N–H and O–H groups in total. The van der Waals surface area contributed by atoms with Gasteiger partial charge >= 0.3 is 0 Å². The van der Waals surface area contributed by atoms with Crippen molar-refractivity contribution in [2.24, 2.45) is 11.8 Å². The zero-order valence-corrected chi connectivity index (χ0v) is 8.59. The zero-order valence-electron chi connectivity index (χ0n) is 7.77. The fourth-order valence-electron chi connectivity index (χ4n) is 1.45. The molecular formula is C9H13NO3S. The Morgan fingerprint density at radius 2 is 2.07 bits per heavy atom. The Morgan fingerprint density at radius 3 is 2.50 bits per heavy atom. The second-order valence-electron chi connectivity index (χ2n) is 3.95. The van der Waals surface area contributed by atoms with Crippen LogP contribution in [0, 0.1) is 11.8 Å². The molecule has 2 saturated carbocycles. The first-order chi connectivity index (χ1) is 6.54. The molecule has 5 heteroatoms. The van der Waals surface area contributed by atoms with Crippen LogP contribution in [0.5, 0.6) is 0 Å². The largest absolute Gasteiger partial charge is 0.274 e. The molecule has 0 aromatic carbocycles. The second-order valence-corrected chi connectivity index (χ2v) is 5.91. The van der Waals surface area contributed by atoms with Gasteiger partial charge in [-0.25, -0.2) is 8.42 Å². The Bertz CT molecular complexity index is 370. The highest BCUT2D eigenvalue weighted by Gasteiger charge is 2.44. The van der Waals surface area contributed by atoms with E-state index in [4.69, 9.17) is 0 Å². The molecule has 0 aromatic heterocycles. The minimum atomic E-state index is -3.36. The summed E-state index contributed by atoms with van der Waals surface area (Å²) in [6.07, 6.45) is 3.79. The lowest BCUT2D eigenvalue weighted by Gasteiger charge is -2.03. The van der Waals surface area contributed by atoms with Gasteiger partial charge in [0.15, 0.2) is 0 Å². The Balaban J connectivity index is 1.92. The first-order valence-electron chi connectivity index (χ1n) is 4.72. The highest BCUT2D eigenvalue weighted by atomic mass is 32.2. The maximum Gasteiger partial charge on any atom is 0.237 e. The number of amides is 1. The van der Waals surface area contributed by atoms with Crippen LogP contribution in [-0.2, 0) is 14.8 Å². The molecule has 1 amide bonds. The van der Waals surface area contributed by atoms with E-state index in [1.807, 2.05) is 0 Å². The second kappa shape index (κ2) is 3.08. The molecule has 0 aliphatic heterocycles. The first kappa shape index (κ1) is 9.71. The van der Waals surface area contributed by atoms with Crippen LogP contribution < -0.4 is 4.72 Å². The number of carbonyl (C=O) groups excluding carboxylic acids is 1. The fourth-order valence-corrected chi connectivity index (χ4v) is 2.81. The molecule has 2 aliphatic rings. The Labute approximate surface area is 83.4 Å². The van der Waals surface area contributed by atoms with Crippen LogP contribution in [0.25, 0.3) is 0 Å². The van der Waals surface area contributed by atoms with Crippen molar-refractivity contribution in [3.8, 4) is 0 Å². The molecule has 0 bridgehead atoms. The van der Waals surface area contributed by atoms with Crippen molar-refractivity contribution in [3.63, 3.8) is 0 Å². The van der Waals surface area contributed by atoms with Crippen molar-refractivity contribution in [1.82, 2.24) is 4.72 Å². The standard InChI is InChI=1S/C9H13NO3S/c1-2-6-5-8(6)9(11)10-14(12,13)7-3-4-7/h2,6-8H,1,3-5H2,(H,10,11). The van der Waals surface area contributed by atoms with Gasteiger partial charge in [0.1, 0.15) is 0 Å². The smallest absolute Gasteiger partial charge is 0.237 e. The van der Waals surface area contributed by atoms with Crippen LogP contribution in [0.15, 0.2) is 12.7 Å². The zero-order chi connectivity index (χ0) is 10.3. The summed E-state index contributed by atoms with van der Waals surface area (Å²) in [5.41, 5.74) is 0. The van der Waals surface area contributed by atoms with E-state index in [9.17, 15) is 13.2 Å². The highest BCUT2D eigenvalue weighted by Crippen LogP contribution is 2.39. The van der Waals surface area contributed by atoms with E-state index in [-0.39, 0.29) is 23.0 Å². The monoisotopic (exact) mass is 215 g/mol. The van der Waals surface area contributed by atoms with Crippen molar-refractivity contribution < 1.29 is 13.2 Å². The van der Waals surface area contributed by atoms with E-state index < -0.39 is 10.0 Å². The van der Waals surface area contributed by atoms with Gasteiger partial charge in [0, 0.05) is 5.92 Å². The molecule has 4 nitrogen and oxygen atoms in total. The summed E-state index contributed by atoms with van der Waals surface area (Å²) >= 11 is 0. The lowest BCUT2D eigenvalue weighted by molar-refractivity contribution is -0.120. The van der Waals surface area contributed by atoms with Gasteiger partial charge in [-0.1, -0.05) is 6.08 Å². The maximum atomic E-state index is 11.4. The van der Waals surface area contributed by atoms with Gasteiger partial charge in [0.2, 0.25) is 15.9 Å². The van der Waals surface area contributed by atoms with Crippen molar-refractivity contribution >= 4 is 15.9 Å². The minimum Gasteiger partial charge on any atom is -0.274 e. The summed E-state index contributed by atoms with van der Waals surface area (Å²) < 4.78 is 24.9. The van der Waals surface area contributed by atoms with Gasteiger partial charge in [-0.15, -0.1) is 6.58 Å². The van der Waals surface area contributed by atoms with E-state index in [1.165, 1.54) is 0 Å². The first-order valence-corrected chi connectivity index (χ1v) is 6.27. The quantitative estimate of drug-likeness (QED) is 0.691. The number of carbonyl (C=O) groups is 1. The predicted molar refractivity (Wildman–Crippen MR) is 51.9 cm³/mol. The number of allylic oxidation sites excluding steroid dienone is 1. The number of sulfonamides is 1. The molecule has 0 aromatic rings. The predicted octanol–water partition coefficient (Wildman–Crippen LogP) is 0.417. The molecule has 0 spiro atoms. The summed E-state index contributed by atoms with van der Waals surface area (Å²) in [7, 11) is -3.36. The number of hydrogen-bond donors (Lipinski definition) is 1. The number of hydrogen-bond acceptors (Lipinski definition) is 3. The van der Waals surface area contributed by atoms with Crippen molar-refractivity contribution in [3.05, 3.63) is 12.7 Å². The van der Waals surface area contributed by atoms with E-state index in [0.717, 1.165) is 6.42 Å². The van der Waals surface area contributed by atoms with Gasteiger partial charge in [-0.05, 0) is 25.2 Å². The maximum absolute atomic E-state index is 11.4. The van der Waals surface area contributed by atoms with E-state index in [2.05, 4.69) is 11.3 Å². The van der Waals surface area contributed by atoms with Gasteiger partial charge < -0.3 is 0 Å². The molecule has 2 fully saturated rings. The van der Waals surface area contributed by atoms with E-state index >= 15 is 0 Å². The minimum absolute atomic E-state index is 0.166. The average Bonchev–Trinajstić information content (AvgIpc) is 2.98. The molecule has 14 heavy (non-hydrogen) atoms. The number of nitrogens with one attached hydrogen (secondary N) is 1. The van der Waals surface area contributed by atoms with E-state index in [0.29, 0.717) is 12.8 Å². The summed E-state index contributed by atoms with van der Waals surface area (Å²) in [5.74, 6) is -0.354. The summed E-state index contributed by atoms with van der Waals surface area (Å²) in [6.45, 7) is 3.57. The lowest BCUT2D eigenvalue weighted by Crippen LogP contribution is -2.34. The molecular weight excluding hydrogens is 202 g/mol. The van der Waals surface area contributed by atoms with Crippen LogP contribution in [0.1, 0.15) is 19.3 Å². The van der Waals surface area contributed by atoms with Gasteiger partial charge in [-0.3, -0.25) is 9.52 Å². The number of rotatable bonds is 4. The molecule has 2 rings (SSSR count). The van der Waals surface area contributed by atoms with E-state index in [1.54, 1.807) is 6.08 Å². The molecule has 0 saturated heterocycles. The Morgan fingerprint density at radius 1 is 1.43 bits per heavy atom. The van der Waals surface area contributed by atoms with Crippen LogP contribution in [0.3, 0.4) is 0 Å². The molecule has 2 unspecified atom stereocenters. The van der Waals surface area contributed by atoms with Gasteiger partial charge in [0.05, 0.1) is 5.25 Å². The Kier molecular flexibility index (Phi) is 2.14. The normalized spacial score (nSPS) is 30.9. The highest BCUT2D eigenvalue weighted by molar-refractivity contribution is 7.90. The van der Waals surface area contributed by atoms with Gasteiger partial charge in [0.25, 0.3) is 0 Å². The van der Waals surface area contributed by atoms with Crippen molar-refractivity contribution in [2.45, 2.75) is 24.5 Å². The van der Waals surface area contributed by atoms with Crippen molar-refractivity contribution in [1.29, 1.82) is 0 Å². The van der Waals surface area contributed by atoms with Crippen LogP contribution in [-0.4, -0.2) is 19.6 Å². The molecule has 0 heterocycles. The molecule has 2 atom stereocenters. The third-order valence-corrected chi connectivity index (χ3v) is 4.52. The third-order valence-electron chi connectivity index (χ3n) is 2.69. The topological polar surface area (TPSA) is 63.2 Å². The third kappa shape index (κ3) is 1.82. The molecule has 78 valence electrons. The van der Waals surface area contributed by atoms with Crippen LogP contribution in [0.4, 0.5) is 0 Å². The van der Waals surface area contributed by atoms with Gasteiger partial charge in [-0.2, -0.15) is 0 Å². The summed E-state index contributed by atoms with van der Waals surface area (Å²) in [6, 6.07) is 0. The van der Waals surface area contributed by atoms with Crippen LogP contribution in [0.2, 0.25) is 0 Å². The summed E-state index contributed by atoms with van der Waals surface area (Å²) in [4.78, 5) is 11.4. The van der Waals surface area contributed by atoms with Crippen LogP contribution >= 0.6 is 0 Å². The fraction of sp³-hybridized carbons (Fsp3) is 0.667. The SMILES string of the molecule is C=CC1CC1C(=O)NS(=O)(=O)C1CC1. The molecule has 2 aliphatic carbocycles. The molecule has 0 radical (unpaired) electrons. The average molecular weight is 215 g/mol.